The molecule has 2 aliphatic carbocycles. The number of aromatic nitrogens is 3. The zero-order valence-electron chi connectivity index (χ0n) is 33.5. The molecule has 0 aliphatic heterocycles. The largest absolute Gasteiger partial charge is 0.208 e. The van der Waals surface area contributed by atoms with Gasteiger partial charge in [-0.3, -0.25) is 0 Å². The quantitative estimate of drug-likeness (QED) is 0.174. The van der Waals surface area contributed by atoms with Gasteiger partial charge in [0.05, 0.1) is 5.41 Å². The monoisotopic (exact) mass is 805 g/mol. The average molecular weight is 806 g/mol. The molecule has 9 aromatic carbocycles. The van der Waals surface area contributed by atoms with E-state index in [-0.39, 0.29) is 0 Å². The normalized spacial score (nSPS) is 13.0. The Morgan fingerprint density at radius 2 is 0.742 bits per heavy atom. The molecule has 0 N–H and O–H groups in total. The van der Waals surface area contributed by atoms with Crippen molar-refractivity contribution in [1.82, 2.24) is 15.0 Å². The Hall–Kier alpha value is -7.79. The van der Waals surface area contributed by atoms with Crippen molar-refractivity contribution >= 4 is 31.5 Å². The van der Waals surface area contributed by atoms with E-state index in [1.165, 1.54) is 75.8 Å². The summed E-state index contributed by atoms with van der Waals surface area (Å²) in [7, 11) is 0. The molecule has 288 valence electrons. The van der Waals surface area contributed by atoms with Crippen LogP contribution in [0.1, 0.15) is 22.3 Å². The molecule has 0 radical (unpaired) electrons. The Kier molecular flexibility index (Phi) is 7.69. The summed E-state index contributed by atoms with van der Waals surface area (Å²) in [6, 6.07) is 76.7. The van der Waals surface area contributed by atoms with E-state index in [1.54, 1.807) is 0 Å². The molecule has 13 rings (SSSR count). The van der Waals surface area contributed by atoms with Crippen LogP contribution in [0.2, 0.25) is 0 Å². The van der Waals surface area contributed by atoms with E-state index in [1.807, 2.05) is 29.5 Å². The fourth-order valence-electron chi connectivity index (χ4n) is 10.4. The van der Waals surface area contributed by atoms with Crippen LogP contribution in [-0.4, -0.2) is 15.0 Å². The third-order valence-corrected chi connectivity index (χ3v) is 14.1. The molecule has 0 unspecified atom stereocenters. The van der Waals surface area contributed by atoms with Crippen LogP contribution in [0.15, 0.2) is 212 Å². The van der Waals surface area contributed by atoms with Crippen LogP contribution in [0.3, 0.4) is 0 Å². The SMILES string of the molecule is c1ccc(-c2nc(-c3ccc(-c4cccc5c4C4(c6ccccc6-c6ccccc64)c4ccccc4-5)cc3)nc(-c3ccccc3-c3cccc4sc5ccccc5c34)n2)cc1. The maximum atomic E-state index is 5.29. The lowest BCUT2D eigenvalue weighted by Gasteiger charge is -2.32. The topological polar surface area (TPSA) is 38.7 Å². The van der Waals surface area contributed by atoms with Gasteiger partial charge in [0.1, 0.15) is 0 Å². The van der Waals surface area contributed by atoms with Crippen molar-refractivity contribution < 1.29 is 0 Å². The zero-order valence-corrected chi connectivity index (χ0v) is 34.3. The summed E-state index contributed by atoms with van der Waals surface area (Å²) >= 11 is 1.83. The Bertz CT molecular complexity index is 3520. The maximum absolute atomic E-state index is 5.29. The minimum absolute atomic E-state index is 0.435. The zero-order chi connectivity index (χ0) is 40.8. The summed E-state index contributed by atoms with van der Waals surface area (Å²) in [4.78, 5) is 15.6. The molecule has 0 bridgehead atoms. The second-order valence-electron chi connectivity index (χ2n) is 16.2. The summed E-state index contributed by atoms with van der Waals surface area (Å²) in [6.07, 6.45) is 0. The van der Waals surface area contributed by atoms with Gasteiger partial charge in [-0.15, -0.1) is 11.3 Å². The summed E-state index contributed by atoms with van der Waals surface area (Å²) in [5, 5.41) is 2.52. The van der Waals surface area contributed by atoms with Gasteiger partial charge in [-0.05, 0) is 78.9 Å². The van der Waals surface area contributed by atoms with E-state index in [9.17, 15) is 0 Å². The Labute approximate surface area is 363 Å². The van der Waals surface area contributed by atoms with E-state index in [0.29, 0.717) is 17.5 Å². The highest BCUT2D eigenvalue weighted by Gasteiger charge is 2.52. The van der Waals surface area contributed by atoms with Gasteiger partial charge < -0.3 is 0 Å². The second kappa shape index (κ2) is 13.6. The van der Waals surface area contributed by atoms with E-state index in [4.69, 9.17) is 15.0 Å². The second-order valence-corrected chi connectivity index (χ2v) is 17.3. The van der Waals surface area contributed by atoms with Crippen LogP contribution in [-0.2, 0) is 5.41 Å². The number of thiophene rings is 1. The molecule has 0 atom stereocenters. The van der Waals surface area contributed by atoms with E-state index >= 15 is 0 Å². The van der Waals surface area contributed by atoms with E-state index in [2.05, 4.69) is 194 Å². The minimum Gasteiger partial charge on any atom is -0.208 e. The first-order chi connectivity index (χ1) is 30.8. The van der Waals surface area contributed by atoms with Gasteiger partial charge in [-0.25, -0.2) is 15.0 Å². The summed E-state index contributed by atoms with van der Waals surface area (Å²) < 4.78 is 2.54. The third-order valence-electron chi connectivity index (χ3n) is 13.0. The predicted octanol–water partition coefficient (Wildman–Crippen LogP) is 14.9. The number of nitrogens with zero attached hydrogens (tertiary/aromatic N) is 3. The number of fused-ring (bicyclic) bond motifs is 13. The lowest BCUT2D eigenvalue weighted by Crippen LogP contribution is -2.26. The van der Waals surface area contributed by atoms with Gasteiger partial charge in [0, 0.05) is 36.9 Å². The molecule has 11 aromatic rings. The molecule has 62 heavy (non-hydrogen) atoms. The number of rotatable bonds is 5. The average Bonchev–Trinajstić information content (AvgIpc) is 3.99. The minimum atomic E-state index is -0.435. The first-order valence-corrected chi connectivity index (χ1v) is 21.9. The molecule has 0 amide bonds. The summed E-state index contributed by atoms with van der Waals surface area (Å²) in [6.45, 7) is 0. The lowest BCUT2D eigenvalue weighted by molar-refractivity contribution is 0.796. The summed E-state index contributed by atoms with van der Waals surface area (Å²) in [5.74, 6) is 1.92. The van der Waals surface area contributed by atoms with Crippen LogP contribution in [0.4, 0.5) is 0 Å². The Morgan fingerprint density at radius 1 is 0.290 bits per heavy atom. The number of hydrogen-bond donors (Lipinski definition) is 0. The third kappa shape index (κ3) is 5.02. The molecule has 0 fully saturated rings. The molecular formula is C58H35N3S. The smallest absolute Gasteiger partial charge is 0.164 e. The molecule has 0 saturated heterocycles. The summed E-state index contributed by atoms with van der Waals surface area (Å²) in [5.41, 5.74) is 17.6. The van der Waals surface area contributed by atoms with E-state index in [0.717, 1.165) is 27.8 Å². The van der Waals surface area contributed by atoms with Gasteiger partial charge in [0.15, 0.2) is 17.5 Å². The van der Waals surface area contributed by atoms with Crippen LogP contribution in [0, 0.1) is 0 Å². The van der Waals surface area contributed by atoms with Crippen molar-refractivity contribution in [2.45, 2.75) is 5.41 Å². The molecule has 0 saturated carbocycles. The Balaban J connectivity index is 0.976. The van der Waals surface area contributed by atoms with Crippen molar-refractivity contribution in [3.8, 4) is 78.7 Å². The highest BCUT2D eigenvalue weighted by molar-refractivity contribution is 7.25. The molecule has 2 heterocycles. The van der Waals surface area contributed by atoms with Crippen molar-refractivity contribution in [1.29, 1.82) is 0 Å². The number of benzene rings is 9. The fraction of sp³-hybridized carbons (Fsp3) is 0.0172. The van der Waals surface area contributed by atoms with Crippen molar-refractivity contribution in [2.24, 2.45) is 0 Å². The first kappa shape index (κ1) is 35.0. The van der Waals surface area contributed by atoms with Crippen molar-refractivity contribution in [2.75, 3.05) is 0 Å². The van der Waals surface area contributed by atoms with Crippen LogP contribution >= 0.6 is 11.3 Å². The van der Waals surface area contributed by atoms with Crippen LogP contribution < -0.4 is 0 Å². The van der Waals surface area contributed by atoms with Gasteiger partial charge in [0.25, 0.3) is 0 Å². The van der Waals surface area contributed by atoms with Crippen molar-refractivity contribution in [3.63, 3.8) is 0 Å². The molecule has 1 spiro atoms. The molecule has 4 heteroatoms. The van der Waals surface area contributed by atoms with Gasteiger partial charge in [0.2, 0.25) is 0 Å². The maximum Gasteiger partial charge on any atom is 0.164 e. The van der Waals surface area contributed by atoms with Gasteiger partial charge in [-0.2, -0.15) is 0 Å². The number of hydrogen-bond acceptors (Lipinski definition) is 4. The molecule has 3 nitrogen and oxygen atoms in total. The van der Waals surface area contributed by atoms with E-state index < -0.39 is 5.41 Å². The molecule has 2 aromatic heterocycles. The highest BCUT2D eigenvalue weighted by Crippen LogP contribution is 2.64. The Morgan fingerprint density at radius 3 is 1.44 bits per heavy atom. The van der Waals surface area contributed by atoms with Crippen LogP contribution in [0.25, 0.3) is 98.8 Å². The highest BCUT2D eigenvalue weighted by atomic mass is 32.1. The molecule has 2 aliphatic rings. The van der Waals surface area contributed by atoms with Gasteiger partial charge in [-0.1, -0.05) is 200 Å². The first-order valence-electron chi connectivity index (χ1n) is 21.1. The standard InChI is InChI=1S/C58H35N3S/c1-2-16-37(17-3-1)55-59-56(61-57(60-55)46-22-5-4-18-40(46)44-25-15-31-52-53(44)47-23-9-13-30-51(47)62-52)38-34-32-36(33-35-38)39-24-14-26-45-43-21-8-12-29-50(43)58(54(39)45)48-27-10-6-19-41(48)42-20-7-11-28-49(42)58/h1-35H. The van der Waals surface area contributed by atoms with Crippen LogP contribution in [0.5, 0.6) is 0 Å². The van der Waals surface area contributed by atoms with Crippen molar-refractivity contribution in [3.05, 3.63) is 235 Å². The predicted molar refractivity (Wildman–Crippen MR) is 256 cm³/mol. The van der Waals surface area contributed by atoms with Gasteiger partial charge >= 0.3 is 0 Å². The molecular weight excluding hydrogens is 771 g/mol. The lowest BCUT2D eigenvalue weighted by atomic mass is 9.68. The fourth-order valence-corrected chi connectivity index (χ4v) is 11.6.